The van der Waals surface area contributed by atoms with E-state index in [0.29, 0.717) is 5.78 Å². The van der Waals surface area contributed by atoms with E-state index in [1.165, 1.54) is 17.7 Å². The maximum Gasteiger partial charge on any atom is 0.176 e. The molecule has 1 aromatic heterocycles. The van der Waals surface area contributed by atoms with Gasteiger partial charge >= 0.3 is 0 Å². The highest BCUT2D eigenvalue weighted by Crippen LogP contribution is 2.45. The van der Waals surface area contributed by atoms with Gasteiger partial charge in [-0.15, -0.1) is 11.3 Å². The van der Waals surface area contributed by atoms with Gasteiger partial charge < -0.3 is 0 Å². The van der Waals surface area contributed by atoms with E-state index in [4.69, 9.17) is 0 Å². The van der Waals surface area contributed by atoms with Crippen LogP contribution in [0, 0.1) is 11.3 Å². The summed E-state index contributed by atoms with van der Waals surface area (Å²) in [5, 5.41) is 0. The second kappa shape index (κ2) is 4.48. The fraction of sp³-hybridized carbons (Fsp3) is 0.688. The zero-order valence-corrected chi connectivity index (χ0v) is 13.0. The minimum atomic E-state index is 0.147. The number of ketones is 1. The summed E-state index contributed by atoms with van der Waals surface area (Å²) in [7, 11) is 0. The van der Waals surface area contributed by atoms with Gasteiger partial charge in [-0.3, -0.25) is 4.79 Å². The van der Waals surface area contributed by atoms with Gasteiger partial charge in [-0.05, 0) is 35.8 Å². The van der Waals surface area contributed by atoms with E-state index in [1.54, 1.807) is 11.3 Å². The molecule has 1 aliphatic carbocycles. The van der Waals surface area contributed by atoms with Crippen LogP contribution in [0.25, 0.3) is 0 Å². The predicted molar refractivity (Wildman–Crippen MR) is 78.5 cm³/mol. The number of Topliss-reactive ketones (excluding diaryl/α,β-unsaturated/α-hetero) is 1. The van der Waals surface area contributed by atoms with Crippen LogP contribution in [-0.2, 0) is 5.41 Å². The van der Waals surface area contributed by atoms with Crippen LogP contribution in [0.15, 0.2) is 12.1 Å². The molecule has 0 bridgehead atoms. The molecule has 0 spiro atoms. The van der Waals surface area contributed by atoms with Crippen molar-refractivity contribution in [1.82, 2.24) is 0 Å². The monoisotopic (exact) mass is 264 g/mol. The lowest BCUT2D eigenvalue weighted by atomic mass is 9.79. The Balaban J connectivity index is 2.22. The molecule has 1 saturated carbocycles. The molecule has 0 N–H and O–H groups in total. The first-order valence-corrected chi connectivity index (χ1v) is 7.68. The number of hydrogen-bond donors (Lipinski definition) is 0. The predicted octanol–water partition coefficient (Wildman–Crippen LogP) is 5.05. The van der Waals surface area contributed by atoms with Gasteiger partial charge in [0.05, 0.1) is 4.88 Å². The minimum Gasteiger partial charge on any atom is -0.293 e. The van der Waals surface area contributed by atoms with E-state index >= 15 is 0 Å². The van der Waals surface area contributed by atoms with Crippen LogP contribution in [0.2, 0.25) is 0 Å². The summed E-state index contributed by atoms with van der Waals surface area (Å²) in [6.45, 7) is 11.1. The van der Waals surface area contributed by atoms with Crippen LogP contribution in [0.1, 0.15) is 68.4 Å². The van der Waals surface area contributed by atoms with Crippen molar-refractivity contribution in [2.75, 3.05) is 0 Å². The highest BCUT2D eigenvalue weighted by Gasteiger charge is 2.40. The van der Waals surface area contributed by atoms with Crippen LogP contribution in [0.3, 0.4) is 0 Å². The summed E-state index contributed by atoms with van der Waals surface area (Å²) >= 11 is 1.69. The third kappa shape index (κ3) is 2.54. The minimum absolute atomic E-state index is 0.147. The average Bonchev–Trinajstić information content (AvgIpc) is 2.81. The van der Waals surface area contributed by atoms with Gasteiger partial charge in [0.1, 0.15) is 0 Å². The van der Waals surface area contributed by atoms with Gasteiger partial charge in [-0.2, -0.15) is 0 Å². The number of thiophene rings is 1. The van der Waals surface area contributed by atoms with Crippen molar-refractivity contribution in [3.63, 3.8) is 0 Å². The molecule has 1 heterocycles. The second-order valence-corrected chi connectivity index (χ2v) is 8.30. The summed E-state index contributed by atoms with van der Waals surface area (Å²) in [4.78, 5) is 14.9. The largest absolute Gasteiger partial charge is 0.293 e. The molecule has 18 heavy (non-hydrogen) atoms. The Morgan fingerprint density at radius 1 is 1.33 bits per heavy atom. The van der Waals surface area contributed by atoms with Crippen molar-refractivity contribution in [2.24, 2.45) is 11.3 Å². The van der Waals surface area contributed by atoms with Crippen molar-refractivity contribution >= 4 is 17.1 Å². The second-order valence-electron chi connectivity index (χ2n) is 7.21. The van der Waals surface area contributed by atoms with Crippen molar-refractivity contribution in [3.05, 3.63) is 21.9 Å². The van der Waals surface area contributed by atoms with Crippen LogP contribution < -0.4 is 0 Å². The van der Waals surface area contributed by atoms with Gasteiger partial charge in [0.25, 0.3) is 0 Å². The Hall–Kier alpha value is -0.630. The fourth-order valence-electron chi connectivity index (χ4n) is 2.86. The van der Waals surface area contributed by atoms with Crippen LogP contribution in [0.5, 0.6) is 0 Å². The van der Waals surface area contributed by atoms with Crippen LogP contribution in [-0.4, -0.2) is 5.78 Å². The topological polar surface area (TPSA) is 17.1 Å². The summed E-state index contributed by atoms with van der Waals surface area (Å²) in [6, 6.07) is 4.15. The van der Waals surface area contributed by atoms with E-state index < -0.39 is 0 Å². The molecule has 1 aliphatic rings. The first kappa shape index (κ1) is 13.8. The average molecular weight is 264 g/mol. The van der Waals surface area contributed by atoms with Gasteiger partial charge in [-0.25, -0.2) is 0 Å². The molecule has 1 atom stereocenters. The molecule has 1 aromatic rings. The number of carbonyl (C=O) groups excluding carboxylic acids is 1. The Labute approximate surface area is 115 Å². The van der Waals surface area contributed by atoms with Gasteiger partial charge in [0, 0.05) is 10.8 Å². The normalized spacial score (nSPS) is 23.3. The molecular weight excluding hydrogens is 240 g/mol. The fourth-order valence-corrected chi connectivity index (χ4v) is 3.92. The lowest BCUT2D eigenvalue weighted by Crippen LogP contribution is -2.25. The quantitative estimate of drug-likeness (QED) is 0.683. The Morgan fingerprint density at radius 2 is 2.00 bits per heavy atom. The zero-order valence-electron chi connectivity index (χ0n) is 12.2. The lowest BCUT2D eigenvalue weighted by molar-refractivity contribution is 0.0843. The number of carbonyl (C=O) groups is 1. The molecule has 0 amide bonds. The van der Waals surface area contributed by atoms with Crippen LogP contribution in [0.4, 0.5) is 0 Å². The molecule has 2 heteroatoms. The standard InChI is InChI=1S/C16H24OS/c1-15(2,3)13-9-8-12(18-13)14(17)11-7-6-10-16(11,4)5/h8-9,11H,6-7,10H2,1-5H3. The summed E-state index contributed by atoms with van der Waals surface area (Å²) in [5.74, 6) is 0.599. The first-order valence-electron chi connectivity index (χ1n) is 6.86. The Kier molecular flexibility index (Phi) is 3.44. The molecule has 1 fully saturated rings. The SMILES string of the molecule is CC(C)(C)c1ccc(C(=O)C2CCCC2(C)C)s1. The molecule has 1 nitrogen and oxygen atoms in total. The molecular formula is C16H24OS. The highest BCUT2D eigenvalue weighted by molar-refractivity contribution is 7.14. The molecule has 100 valence electrons. The highest BCUT2D eigenvalue weighted by atomic mass is 32.1. The van der Waals surface area contributed by atoms with Crippen molar-refractivity contribution in [1.29, 1.82) is 0 Å². The van der Waals surface area contributed by atoms with Crippen molar-refractivity contribution < 1.29 is 4.79 Å². The molecule has 2 rings (SSSR count). The smallest absolute Gasteiger partial charge is 0.176 e. The number of rotatable bonds is 2. The first-order chi connectivity index (χ1) is 8.22. The van der Waals surface area contributed by atoms with E-state index in [-0.39, 0.29) is 16.7 Å². The molecule has 0 aromatic carbocycles. The van der Waals surface area contributed by atoms with E-state index in [2.05, 4.69) is 40.7 Å². The Morgan fingerprint density at radius 3 is 2.44 bits per heavy atom. The third-order valence-corrected chi connectivity index (χ3v) is 5.69. The summed E-state index contributed by atoms with van der Waals surface area (Å²) < 4.78 is 0. The molecule has 1 unspecified atom stereocenters. The summed E-state index contributed by atoms with van der Waals surface area (Å²) in [5.41, 5.74) is 0.331. The third-order valence-electron chi connectivity index (χ3n) is 4.16. The summed E-state index contributed by atoms with van der Waals surface area (Å²) in [6.07, 6.45) is 3.44. The van der Waals surface area contributed by atoms with E-state index in [0.717, 1.165) is 11.3 Å². The van der Waals surface area contributed by atoms with Crippen LogP contribution >= 0.6 is 11.3 Å². The maximum absolute atomic E-state index is 12.6. The Bertz CT molecular complexity index is 448. The number of hydrogen-bond acceptors (Lipinski definition) is 2. The molecule has 0 aliphatic heterocycles. The molecule has 0 radical (unpaired) electrons. The van der Waals surface area contributed by atoms with Gasteiger partial charge in [0.2, 0.25) is 0 Å². The zero-order chi connectivity index (χ0) is 13.6. The lowest BCUT2D eigenvalue weighted by Gasteiger charge is -2.25. The van der Waals surface area contributed by atoms with E-state index in [1.807, 2.05) is 6.07 Å². The van der Waals surface area contributed by atoms with E-state index in [9.17, 15) is 4.79 Å². The molecule has 0 saturated heterocycles. The van der Waals surface area contributed by atoms with Gasteiger partial charge in [0.15, 0.2) is 5.78 Å². The maximum atomic E-state index is 12.6. The van der Waals surface area contributed by atoms with Crippen molar-refractivity contribution in [2.45, 2.75) is 59.3 Å². The van der Waals surface area contributed by atoms with Gasteiger partial charge in [-0.1, -0.05) is 41.0 Å². The van der Waals surface area contributed by atoms with Crippen molar-refractivity contribution in [3.8, 4) is 0 Å².